The Hall–Kier alpha value is -2.52. The summed E-state index contributed by atoms with van der Waals surface area (Å²) in [4.78, 5) is 10.2. The van der Waals surface area contributed by atoms with Crippen LogP contribution < -0.4 is 5.32 Å². The largest absolute Gasteiger partial charge is 0.379 e. The molecule has 5 nitrogen and oxygen atoms in total. The SMILES string of the molecule is Cc1c(C#N)ccc2c1cc(Cc1c(Cl)ccc(CCOCCNC=O)c1Cl)n2C. The maximum atomic E-state index is 10.2. The molecule has 1 amide bonds. The molecule has 3 aromatic rings. The van der Waals surface area contributed by atoms with Crippen molar-refractivity contribution in [1.82, 2.24) is 9.88 Å². The van der Waals surface area contributed by atoms with Gasteiger partial charge in [-0.05, 0) is 54.3 Å². The number of nitriles is 1. The van der Waals surface area contributed by atoms with Crippen LogP contribution >= 0.6 is 23.2 Å². The molecule has 1 aromatic heterocycles. The molecule has 0 spiro atoms. The normalized spacial score (nSPS) is 10.9. The topological polar surface area (TPSA) is 67.0 Å². The Balaban J connectivity index is 1.83. The standard InChI is InChI=1S/C23H23Cl2N3O2/c1-15-17(13-26)4-6-22-19(15)11-18(28(22)2)12-20-21(24)5-3-16(23(20)25)7-9-30-10-8-27-14-29/h3-6,11,14H,7-10,12H2,1-2H3,(H,27,29). The van der Waals surface area contributed by atoms with E-state index in [4.69, 9.17) is 27.9 Å². The van der Waals surface area contributed by atoms with Crippen LogP contribution in [0.4, 0.5) is 0 Å². The number of fused-ring (bicyclic) bond motifs is 1. The van der Waals surface area contributed by atoms with Crippen molar-refractivity contribution in [1.29, 1.82) is 5.26 Å². The van der Waals surface area contributed by atoms with Crippen molar-refractivity contribution in [3.05, 3.63) is 68.3 Å². The van der Waals surface area contributed by atoms with E-state index in [2.05, 4.69) is 22.0 Å². The van der Waals surface area contributed by atoms with Gasteiger partial charge in [0.05, 0.1) is 24.8 Å². The molecule has 3 rings (SSSR count). The summed E-state index contributed by atoms with van der Waals surface area (Å²) in [6.07, 6.45) is 1.90. The monoisotopic (exact) mass is 443 g/mol. The molecule has 2 aromatic carbocycles. The van der Waals surface area contributed by atoms with Crippen molar-refractivity contribution >= 4 is 40.5 Å². The zero-order valence-corrected chi connectivity index (χ0v) is 18.5. The summed E-state index contributed by atoms with van der Waals surface area (Å²) < 4.78 is 7.65. The lowest BCUT2D eigenvalue weighted by Crippen LogP contribution is -2.18. The number of ether oxygens (including phenoxy) is 1. The van der Waals surface area contributed by atoms with E-state index in [0.29, 0.717) is 54.6 Å². The van der Waals surface area contributed by atoms with Crippen molar-refractivity contribution < 1.29 is 9.53 Å². The minimum Gasteiger partial charge on any atom is -0.379 e. The van der Waals surface area contributed by atoms with Crippen LogP contribution in [0.25, 0.3) is 10.9 Å². The molecule has 30 heavy (non-hydrogen) atoms. The molecule has 0 radical (unpaired) electrons. The molecule has 156 valence electrons. The third-order valence-electron chi connectivity index (χ3n) is 5.33. The van der Waals surface area contributed by atoms with E-state index >= 15 is 0 Å². The smallest absolute Gasteiger partial charge is 0.207 e. The van der Waals surface area contributed by atoms with Crippen LogP contribution in [0, 0.1) is 18.3 Å². The predicted molar refractivity (Wildman–Crippen MR) is 120 cm³/mol. The number of amides is 1. The number of aromatic nitrogens is 1. The van der Waals surface area contributed by atoms with Crippen LogP contribution in [0.5, 0.6) is 0 Å². The summed E-state index contributed by atoms with van der Waals surface area (Å²) in [7, 11) is 2.01. The summed E-state index contributed by atoms with van der Waals surface area (Å²) in [5.74, 6) is 0. The van der Waals surface area contributed by atoms with E-state index in [1.807, 2.05) is 38.2 Å². The van der Waals surface area contributed by atoms with Crippen LogP contribution in [0.15, 0.2) is 30.3 Å². The third kappa shape index (κ3) is 4.62. The Bertz CT molecular complexity index is 1120. The second-order valence-corrected chi connectivity index (χ2v) is 7.87. The highest BCUT2D eigenvalue weighted by Crippen LogP contribution is 2.33. The van der Waals surface area contributed by atoms with Gasteiger partial charge in [-0.2, -0.15) is 5.26 Å². The average Bonchev–Trinajstić information content (AvgIpc) is 3.06. The van der Waals surface area contributed by atoms with Gasteiger partial charge in [0.25, 0.3) is 0 Å². The van der Waals surface area contributed by atoms with E-state index in [1.54, 1.807) is 0 Å². The molecular formula is C23H23Cl2N3O2. The lowest BCUT2D eigenvalue weighted by molar-refractivity contribution is -0.109. The number of nitrogens with zero attached hydrogens (tertiary/aromatic N) is 2. The van der Waals surface area contributed by atoms with Gasteiger partial charge in [0.2, 0.25) is 6.41 Å². The number of carbonyl (C=O) groups excluding carboxylic acids is 1. The van der Waals surface area contributed by atoms with Crippen molar-refractivity contribution in [2.24, 2.45) is 7.05 Å². The average molecular weight is 444 g/mol. The quantitative estimate of drug-likeness (QED) is 0.389. The molecular weight excluding hydrogens is 421 g/mol. The van der Waals surface area contributed by atoms with Gasteiger partial charge >= 0.3 is 0 Å². The Kier molecular flexibility index (Phi) is 7.38. The Morgan fingerprint density at radius 3 is 2.77 bits per heavy atom. The van der Waals surface area contributed by atoms with Gasteiger partial charge in [-0.25, -0.2) is 0 Å². The minimum atomic E-state index is 0.455. The summed E-state index contributed by atoms with van der Waals surface area (Å²) >= 11 is 13.2. The molecule has 0 saturated carbocycles. The number of carbonyl (C=O) groups is 1. The Morgan fingerprint density at radius 2 is 2.03 bits per heavy atom. The molecule has 1 N–H and O–H groups in total. The molecule has 0 unspecified atom stereocenters. The molecule has 0 atom stereocenters. The molecule has 1 heterocycles. The van der Waals surface area contributed by atoms with Gasteiger partial charge in [0.1, 0.15) is 0 Å². The van der Waals surface area contributed by atoms with Crippen LogP contribution in [0.1, 0.15) is 27.9 Å². The van der Waals surface area contributed by atoms with E-state index in [1.165, 1.54) is 0 Å². The fraction of sp³-hybridized carbons (Fsp3) is 0.304. The highest BCUT2D eigenvalue weighted by molar-refractivity contribution is 6.36. The fourth-order valence-corrected chi connectivity index (χ4v) is 4.15. The van der Waals surface area contributed by atoms with Crippen LogP contribution in [0.3, 0.4) is 0 Å². The molecule has 0 fully saturated rings. The van der Waals surface area contributed by atoms with Crippen molar-refractivity contribution in [3.63, 3.8) is 0 Å². The van der Waals surface area contributed by atoms with Gasteiger partial charge in [0, 0.05) is 46.7 Å². The number of aryl methyl sites for hydroxylation is 2. The van der Waals surface area contributed by atoms with Crippen molar-refractivity contribution in [3.8, 4) is 6.07 Å². The first-order valence-corrected chi connectivity index (χ1v) is 10.4. The second kappa shape index (κ2) is 9.99. The molecule has 0 aliphatic rings. The van der Waals surface area contributed by atoms with Gasteiger partial charge in [-0.15, -0.1) is 0 Å². The molecule has 0 aliphatic carbocycles. The number of nitrogens with one attached hydrogen (secondary N) is 1. The van der Waals surface area contributed by atoms with E-state index in [-0.39, 0.29) is 0 Å². The second-order valence-electron chi connectivity index (χ2n) is 7.09. The zero-order valence-electron chi connectivity index (χ0n) is 17.0. The van der Waals surface area contributed by atoms with Gasteiger partial charge in [0.15, 0.2) is 0 Å². The van der Waals surface area contributed by atoms with Crippen LogP contribution in [-0.2, 0) is 29.4 Å². The number of halogens is 2. The third-order valence-corrected chi connectivity index (χ3v) is 6.15. The highest BCUT2D eigenvalue weighted by atomic mass is 35.5. The summed E-state index contributed by atoms with van der Waals surface area (Å²) in [6, 6.07) is 12.0. The maximum Gasteiger partial charge on any atom is 0.207 e. The highest BCUT2D eigenvalue weighted by Gasteiger charge is 2.16. The number of rotatable bonds is 9. The van der Waals surface area contributed by atoms with Crippen LogP contribution in [-0.4, -0.2) is 30.7 Å². The lowest BCUT2D eigenvalue weighted by atomic mass is 10.0. The molecule has 0 saturated heterocycles. The van der Waals surface area contributed by atoms with Crippen molar-refractivity contribution in [2.45, 2.75) is 19.8 Å². The molecule has 0 bridgehead atoms. The van der Waals surface area contributed by atoms with E-state index in [9.17, 15) is 10.1 Å². The van der Waals surface area contributed by atoms with Gasteiger partial charge in [-0.1, -0.05) is 29.3 Å². The fourth-order valence-electron chi connectivity index (χ4n) is 3.55. The predicted octanol–water partition coefficient (Wildman–Crippen LogP) is 4.56. The first-order chi connectivity index (χ1) is 14.5. The van der Waals surface area contributed by atoms with E-state index in [0.717, 1.165) is 33.3 Å². The molecule has 7 heteroatoms. The molecule has 0 aliphatic heterocycles. The van der Waals surface area contributed by atoms with Crippen molar-refractivity contribution in [2.75, 3.05) is 19.8 Å². The number of hydrogen-bond acceptors (Lipinski definition) is 3. The summed E-state index contributed by atoms with van der Waals surface area (Å²) in [5, 5.41) is 14.2. The maximum absolute atomic E-state index is 10.2. The van der Waals surface area contributed by atoms with Gasteiger partial charge in [-0.3, -0.25) is 4.79 Å². The van der Waals surface area contributed by atoms with Gasteiger partial charge < -0.3 is 14.6 Å². The first kappa shape index (κ1) is 22.2. The Labute approximate surface area is 186 Å². The first-order valence-electron chi connectivity index (χ1n) is 9.66. The zero-order chi connectivity index (χ0) is 21.7. The Morgan fingerprint density at radius 1 is 1.23 bits per heavy atom. The van der Waals surface area contributed by atoms with E-state index < -0.39 is 0 Å². The minimum absolute atomic E-state index is 0.455. The summed E-state index contributed by atoms with van der Waals surface area (Å²) in [6.45, 7) is 3.41. The van der Waals surface area contributed by atoms with Crippen LogP contribution in [0.2, 0.25) is 10.0 Å². The number of hydrogen-bond donors (Lipinski definition) is 1. The lowest BCUT2D eigenvalue weighted by Gasteiger charge is -2.13. The number of benzene rings is 2. The summed E-state index contributed by atoms with van der Waals surface area (Å²) in [5.41, 5.74) is 5.65.